The molecule has 0 aliphatic carbocycles. The van der Waals surface area contributed by atoms with Crippen LogP contribution in [0.3, 0.4) is 0 Å². The summed E-state index contributed by atoms with van der Waals surface area (Å²) in [6.45, 7) is 8.00. The van der Waals surface area contributed by atoms with E-state index < -0.39 is 5.66 Å². The van der Waals surface area contributed by atoms with Crippen LogP contribution in [-0.4, -0.2) is 23.5 Å². The Hall–Kier alpha value is -1.49. The standard InChI is InChI=1S/C16H25N3OS/c1-15(2,12-11-13-9-7-6-8-10-13)18-19-16(3,4)17-14(21)20-5/h6-10H,11-12H2,1-5H3,(H,17,21). The Bertz CT molecular complexity index is 484. The Morgan fingerprint density at radius 3 is 2.33 bits per heavy atom. The van der Waals surface area contributed by atoms with Crippen LogP contribution in [-0.2, 0) is 11.2 Å². The normalized spacial score (nSPS) is 12.4. The first-order chi connectivity index (χ1) is 9.74. The molecule has 0 fully saturated rings. The maximum absolute atomic E-state index is 4.99. The minimum Gasteiger partial charge on any atom is -0.474 e. The second-order valence-electron chi connectivity index (χ2n) is 6.17. The van der Waals surface area contributed by atoms with E-state index in [4.69, 9.17) is 17.0 Å². The van der Waals surface area contributed by atoms with Gasteiger partial charge >= 0.3 is 0 Å². The van der Waals surface area contributed by atoms with E-state index in [1.165, 1.54) is 12.7 Å². The number of benzene rings is 1. The zero-order valence-corrected chi connectivity index (χ0v) is 14.3. The number of nitrogens with zero attached hydrogens (tertiary/aromatic N) is 2. The van der Waals surface area contributed by atoms with E-state index in [9.17, 15) is 0 Å². The van der Waals surface area contributed by atoms with Crippen molar-refractivity contribution in [2.75, 3.05) is 7.11 Å². The summed E-state index contributed by atoms with van der Waals surface area (Å²) in [5.74, 6) is 0. The molecular formula is C16H25N3OS. The van der Waals surface area contributed by atoms with Crippen molar-refractivity contribution in [1.82, 2.24) is 5.32 Å². The molecule has 0 aliphatic heterocycles. The van der Waals surface area contributed by atoms with E-state index in [0.717, 1.165) is 12.8 Å². The van der Waals surface area contributed by atoms with Gasteiger partial charge in [0.1, 0.15) is 5.66 Å². The van der Waals surface area contributed by atoms with Gasteiger partial charge in [-0.2, -0.15) is 10.2 Å². The molecule has 0 aromatic heterocycles. The third kappa shape index (κ3) is 7.18. The molecule has 1 aromatic rings. The lowest BCUT2D eigenvalue weighted by molar-refractivity contribution is 0.338. The third-order valence-electron chi connectivity index (χ3n) is 3.03. The Balaban J connectivity index is 2.58. The quantitative estimate of drug-likeness (QED) is 0.635. The van der Waals surface area contributed by atoms with Crippen molar-refractivity contribution in [3.63, 3.8) is 0 Å². The molecule has 1 rings (SSSR count). The van der Waals surface area contributed by atoms with Crippen LogP contribution in [0.1, 0.15) is 39.7 Å². The third-order valence-corrected chi connectivity index (χ3v) is 3.30. The fourth-order valence-corrected chi connectivity index (χ4v) is 1.98. The molecule has 4 nitrogen and oxygen atoms in total. The van der Waals surface area contributed by atoms with Gasteiger partial charge in [0, 0.05) is 0 Å². The minimum absolute atomic E-state index is 0.219. The van der Waals surface area contributed by atoms with Crippen LogP contribution in [0.4, 0.5) is 0 Å². The Morgan fingerprint density at radius 1 is 1.14 bits per heavy atom. The first-order valence-corrected chi connectivity index (χ1v) is 7.49. The molecular weight excluding hydrogens is 282 g/mol. The molecule has 0 saturated heterocycles. The topological polar surface area (TPSA) is 46.0 Å². The van der Waals surface area contributed by atoms with Crippen LogP contribution in [0.2, 0.25) is 0 Å². The average molecular weight is 307 g/mol. The summed E-state index contributed by atoms with van der Waals surface area (Å²) in [5, 5.41) is 12.2. The van der Waals surface area contributed by atoms with Crippen LogP contribution in [0.5, 0.6) is 0 Å². The van der Waals surface area contributed by atoms with Crippen LogP contribution >= 0.6 is 12.2 Å². The van der Waals surface area contributed by atoms with Gasteiger partial charge in [-0.05, 0) is 58.3 Å². The minimum atomic E-state index is -0.572. The van der Waals surface area contributed by atoms with E-state index in [2.05, 4.69) is 53.7 Å². The monoisotopic (exact) mass is 307 g/mol. The zero-order chi connectivity index (χ0) is 15.9. The smallest absolute Gasteiger partial charge is 0.258 e. The lowest BCUT2D eigenvalue weighted by Gasteiger charge is -2.24. The fraction of sp³-hybridized carbons (Fsp3) is 0.562. The number of methoxy groups -OCH3 is 1. The van der Waals surface area contributed by atoms with E-state index >= 15 is 0 Å². The van der Waals surface area contributed by atoms with Gasteiger partial charge in [-0.25, -0.2) is 0 Å². The van der Waals surface area contributed by atoms with E-state index in [1.54, 1.807) is 0 Å². The van der Waals surface area contributed by atoms with Crippen molar-refractivity contribution < 1.29 is 4.74 Å². The Morgan fingerprint density at radius 2 is 1.76 bits per heavy atom. The van der Waals surface area contributed by atoms with Crippen LogP contribution < -0.4 is 5.32 Å². The maximum atomic E-state index is 4.99. The molecule has 0 amide bonds. The van der Waals surface area contributed by atoms with Gasteiger partial charge in [0.05, 0.1) is 12.6 Å². The zero-order valence-electron chi connectivity index (χ0n) is 13.5. The highest BCUT2D eigenvalue weighted by Crippen LogP contribution is 2.20. The first-order valence-electron chi connectivity index (χ1n) is 7.08. The van der Waals surface area contributed by atoms with Gasteiger partial charge < -0.3 is 10.1 Å². The van der Waals surface area contributed by atoms with Gasteiger partial charge in [0.25, 0.3) is 5.17 Å². The Kier molecular flexibility index (Phi) is 6.27. The van der Waals surface area contributed by atoms with Crippen molar-refractivity contribution >= 4 is 17.4 Å². The molecule has 0 saturated carbocycles. The van der Waals surface area contributed by atoms with Crippen LogP contribution in [0.15, 0.2) is 40.6 Å². The summed E-state index contributed by atoms with van der Waals surface area (Å²) in [5.41, 5.74) is 0.527. The average Bonchev–Trinajstić information content (AvgIpc) is 2.44. The van der Waals surface area contributed by atoms with Gasteiger partial charge in [-0.15, -0.1) is 0 Å². The van der Waals surface area contributed by atoms with E-state index in [1.807, 2.05) is 19.9 Å². The second kappa shape index (κ2) is 7.50. The van der Waals surface area contributed by atoms with Crippen molar-refractivity contribution in [2.45, 2.75) is 51.7 Å². The van der Waals surface area contributed by atoms with Gasteiger partial charge in [-0.3, -0.25) is 0 Å². The van der Waals surface area contributed by atoms with Gasteiger partial charge in [-0.1, -0.05) is 30.3 Å². The summed E-state index contributed by atoms with van der Waals surface area (Å²) >= 11 is 4.99. The van der Waals surface area contributed by atoms with E-state index in [0.29, 0.717) is 5.17 Å². The molecule has 0 unspecified atom stereocenters. The number of hydrogen-bond acceptors (Lipinski definition) is 4. The molecule has 0 radical (unpaired) electrons. The molecule has 1 N–H and O–H groups in total. The van der Waals surface area contributed by atoms with Crippen molar-refractivity contribution in [3.8, 4) is 0 Å². The van der Waals surface area contributed by atoms with E-state index in [-0.39, 0.29) is 5.54 Å². The van der Waals surface area contributed by atoms with Gasteiger partial charge in [0.15, 0.2) is 0 Å². The summed E-state index contributed by atoms with van der Waals surface area (Å²) in [4.78, 5) is 0. The molecule has 0 spiro atoms. The van der Waals surface area contributed by atoms with Crippen molar-refractivity contribution in [3.05, 3.63) is 35.9 Å². The van der Waals surface area contributed by atoms with Crippen LogP contribution in [0, 0.1) is 0 Å². The molecule has 5 heteroatoms. The summed E-state index contributed by atoms with van der Waals surface area (Å²) in [7, 11) is 1.53. The van der Waals surface area contributed by atoms with Crippen molar-refractivity contribution in [2.24, 2.45) is 10.2 Å². The SMILES string of the molecule is COC(=S)NC(C)(C)N=NC(C)(C)CCc1ccccc1. The second-order valence-corrected chi connectivity index (χ2v) is 6.54. The largest absolute Gasteiger partial charge is 0.474 e. The maximum Gasteiger partial charge on any atom is 0.258 e. The number of azo groups is 1. The first kappa shape index (κ1) is 17.6. The number of nitrogens with one attached hydrogen (secondary N) is 1. The van der Waals surface area contributed by atoms with Crippen LogP contribution in [0.25, 0.3) is 0 Å². The highest BCUT2D eigenvalue weighted by molar-refractivity contribution is 7.80. The van der Waals surface area contributed by atoms with Crippen molar-refractivity contribution in [1.29, 1.82) is 0 Å². The summed E-state index contributed by atoms with van der Waals surface area (Å²) in [6.07, 6.45) is 1.92. The molecule has 0 aliphatic rings. The summed E-state index contributed by atoms with van der Waals surface area (Å²) in [6, 6.07) is 10.4. The molecule has 1 aromatic carbocycles. The number of thiocarbonyl (C=S) groups is 1. The molecule has 21 heavy (non-hydrogen) atoms. The highest BCUT2D eigenvalue weighted by Gasteiger charge is 2.22. The van der Waals surface area contributed by atoms with Gasteiger partial charge in [0.2, 0.25) is 0 Å². The number of aryl methyl sites for hydroxylation is 1. The lowest BCUT2D eigenvalue weighted by atomic mass is 9.96. The Labute approximate surface area is 133 Å². The fourth-order valence-electron chi connectivity index (χ4n) is 1.73. The summed E-state index contributed by atoms with van der Waals surface area (Å²) < 4.78 is 4.94. The molecule has 0 heterocycles. The molecule has 0 atom stereocenters. The molecule has 116 valence electrons. The number of rotatable bonds is 6. The predicted molar refractivity (Wildman–Crippen MR) is 90.5 cm³/mol. The predicted octanol–water partition coefficient (Wildman–Crippen LogP) is 4.11. The lowest BCUT2D eigenvalue weighted by Crippen LogP contribution is -2.41. The molecule has 0 bridgehead atoms. The number of ether oxygens (including phenoxy) is 1. The number of hydrogen-bond donors (Lipinski definition) is 1. The highest BCUT2D eigenvalue weighted by atomic mass is 32.1.